The lowest BCUT2D eigenvalue weighted by Crippen LogP contribution is -2.54. The number of carbonyl (C=O) groups excluding carboxylic acids is 5. The highest BCUT2D eigenvalue weighted by atomic mass is 32.1. The molecule has 2 N–H and O–H groups in total. The third-order valence-electron chi connectivity index (χ3n) is 5.96. The summed E-state index contributed by atoms with van der Waals surface area (Å²) in [5.74, 6) is -2.50. The third-order valence-corrected chi connectivity index (χ3v) is 7.15. The maximum atomic E-state index is 13.0. The summed E-state index contributed by atoms with van der Waals surface area (Å²) in [6.07, 6.45) is 3.17. The van der Waals surface area contributed by atoms with E-state index in [2.05, 4.69) is 10.6 Å². The molecule has 1 saturated heterocycles. The molecule has 168 valence electrons. The Morgan fingerprint density at radius 3 is 2.48 bits per heavy atom. The van der Waals surface area contributed by atoms with Gasteiger partial charge in [0, 0.05) is 0 Å². The van der Waals surface area contributed by atoms with E-state index in [9.17, 15) is 24.0 Å². The molecule has 2 fully saturated rings. The van der Waals surface area contributed by atoms with Crippen molar-refractivity contribution in [1.29, 1.82) is 0 Å². The van der Waals surface area contributed by atoms with E-state index in [0.29, 0.717) is 12.0 Å². The number of ether oxygens (including phenoxy) is 2. The fourth-order valence-electron chi connectivity index (χ4n) is 4.19. The van der Waals surface area contributed by atoms with Gasteiger partial charge in [0.25, 0.3) is 5.91 Å². The lowest BCUT2D eigenvalue weighted by molar-refractivity contribution is -0.136. The second kappa shape index (κ2) is 8.66. The molecule has 4 amide bonds. The van der Waals surface area contributed by atoms with Gasteiger partial charge in [0.15, 0.2) is 0 Å². The van der Waals surface area contributed by atoms with Crippen LogP contribution < -0.4 is 10.6 Å². The summed E-state index contributed by atoms with van der Waals surface area (Å²) >= 11 is 0.861. The van der Waals surface area contributed by atoms with Crippen molar-refractivity contribution < 1.29 is 33.4 Å². The quantitative estimate of drug-likeness (QED) is 0.517. The summed E-state index contributed by atoms with van der Waals surface area (Å²) in [5.41, 5.74) is -0.635. The van der Waals surface area contributed by atoms with Gasteiger partial charge in [-0.15, -0.1) is 11.3 Å². The Labute approximate surface area is 183 Å². The van der Waals surface area contributed by atoms with Gasteiger partial charge in [0.05, 0.1) is 19.8 Å². The minimum atomic E-state index is -0.968. The third kappa shape index (κ3) is 3.89. The molecule has 2 heterocycles. The number of hydrogen-bond donors (Lipinski definition) is 2. The predicted octanol–water partition coefficient (Wildman–Crippen LogP) is 2.07. The first-order valence-electron chi connectivity index (χ1n) is 9.90. The summed E-state index contributed by atoms with van der Waals surface area (Å²) < 4.78 is 9.47. The van der Waals surface area contributed by atoms with Crippen LogP contribution in [0.1, 0.15) is 58.2 Å². The maximum absolute atomic E-state index is 13.0. The highest BCUT2D eigenvalue weighted by molar-refractivity contribution is 7.18. The summed E-state index contributed by atoms with van der Waals surface area (Å²) in [6, 6.07) is -0.611. The zero-order chi connectivity index (χ0) is 22.9. The van der Waals surface area contributed by atoms with Crippen LogP contribution in [0.2, 0.25) is 0 Å². The molecule has 1 saturated carbocycles. The Morgan fingerprint density at radius 1 is 1.19 bits per heavy atom. The fraction of sp³-hybridized carbons (Fsp3) is 0.550. The van der Waals surface area contributed by atoms with Gasteiger partial charge in [-0.25, -0.2) is 14.4 Å². The average Bonchev–Trinajstić information content (AvgIpc) is 3.18. The predicted molar refractivity (Wildman–Crippen MR) is 111 cm³/mol. The summed E-state index contributed by atoms with van der Waals surface area (Å²) in [7, 11) is 2.39. The number of carbonyl (C=O) groups is 5. The van der Waals surface area contributed by atoms with E-state index in [1.807, 2.05) is 6.92 Å². The second-order valence-electron chi connectivity index (χ2n) is 7.73. The van der Waals surface area contributed by atoms with Crippen molar-refractivity contribution in [3.63, 3.8) is 0 Å². The number of rotatable bonds is 5. The Hall–Kier alpha value is -2.95. The minimum Gasteiger partial charge on any atom is -0.465 e. The van der Waals surface area contributed by atoms with Crippen molar-refractivity contribution in [3.8, 4) is 0 Å². The van der Waals surface area contributed by atoms with Crippen LogP contribution in [-0.4, -0.2) is 61.0 Å². The molecule has 0 unspecified atom stereocenters. The van der Waals surface area contributed by atoms with Crippen LogP contribution in [0, 0.1) is 12.8 Å². The van der Waals surface area contributed by atoms with Crippen LogP contribution in [-0.2, 0) is 19.1 Å². The lowest BCUT2D eigenvalue weighted by atomic mass is 9.73. The Morgan fingerprint density at radius 2 is 1.87 bits per heavy atom. The van der Waals surface area contributed by atoms with Crippen LogP contribution in [0.5, 0.6) is 0 Å². The first-order chi connectivity index (χ1) is 14.7. The molecule has 2 aliphatic rings. The van der Waals surface area contributed by atoms with Gasteiger partial charge in [-0.1, -0.05) is 19.8 Å². The van der Waals surface area contributed by atoms with Crippen LogP contribution in [0.3, 0.4) is 0 Å². The van der Waals surface area contributed by atoms with Crippen molar-refractivity contribution in [2.75, 3.05) is 26.1 Å². The van der Waals surface area contributed by atoms with Crippen molar-refractivity contribution in [2.45, 2.75) is 45.1 Å². The molecule has 0 radical (unpaired) electrons. The molecule has 0 aromatic carbocycles. The van der Waals surface area contributed by atoms with E-state index >= 15 is 0 Å². The summed E-state index contributed by atoms with van der Waals surface area (Å²) in [4.78, 5) is 63.4. The highest BCUT2D eigenvalue weighted by Gasteiger charge is 2.55. The van der Waals surface area contributed by atoms with Crippen molar-refractivity contribution in [2.24, 2.45) is 5.92 Å². The zero-order valence-electron chi connectivity index (χ0n) is 17.8. The van der Waals surface area contributed by atoms with Crippen LogP contribution in [0.25, 0.3) is 0 Å². The standard InChI is InChI=1S/C20H25N3O7S/c1-10-7-5-6-8-20(10)18(27)23(19(28)22-20)9-12(24)21-15-13(16(25)29-3)11(2)14(31-15)17(26)30-4/h10H,5-9H2,1-4H3,(H,21,24)(H,22,28)/t10-,20-/m1/s1. The van der Waals surface area contributed by atoms with E-state index < -0.39 is 41.9 Å². The van der Waals surface area contributed by atoms with Gasteiger partial charge in [-0.3, -0.25) is 14.5 Å². The van der Waals surface area contributed by atoms with Gasteiger partial charge in [0.2, 0.25) is 5.91 Å². The lowest BCUT2D eigenvalue weighted by Gasteiger charge is -2.36. The molecule has 11 heteroatoms. The Bertz CT molecular complexity index is 957. The summed E-state index contributed by atoms with van der Waals surface area (Å²) in [5, 5.41) is 5.41. The van der Waals surface area contributed by atoms with Crippen LogP contribution >= 0.6 is 11.3 Å². The Kier molecular flexibility index (Phi) is 6.35. The van der Waals surface area contributed by atoms with Crippen molar-refractivity contribution in [1.82, 2.24) is 10.2 Å². The molecular formula is C20H25N3O7S. The van der Waals surface area contributed by atoms with Gasteiger partial charge < -0.3 is 20.1 Å². The number of methoxy groups -OCH3 is 2. The molecule has 1 aromatic heterocycles. The number of imide groups is 1. The smallest absolute Gasteiger partial charge is 0.348 e. The van der Waals surface area contributed by atoms with Gasteiger partial charge in [-0.2, -0.15) is 0 Å². The number of esters is 2. The summed E-state index contributed by atoms with van der Waals surface area (Å²) in [6.45, 7) is 2.95. The van der Waals surface area contributed by atoms with E-state index in [1.165, 1.54) is 21.1 Å². The number of thiophene rings is 1. The monoisotopic (exact) mass is 451 g/mol. The fourth-order valence-corrected chi connectivity index (χ4v) is 5.31. The van der Waals surface area contributed by atoms with Gasteiger partial charge >= 0.3 is 18.0 Å². The zero-order valence-corrected chi connectivity index (χ0v) is 18.6. The minimum absolute atomic E-state index is 0.0239. The van der Waals surface area contributed by atoms with Gasteiger partial charge in [0.1, 0.15) is 22.0 Å². The molecule has 1 aliphatic heterocycles. The molecule has 1 aromatic rings. The van der Waals surface area contributed by atoms with Crippen LogP contribution in [0.4, 0.5) is 9.80 Å². The van der Waals surface area contributed by atoms with E-state index in [-0.39, 0.29) is 21.4 Å². The molecule has 0 bridgehead atoms. The van der Waals surface area contributed by atoms with Crippen LogP contribution in [0.15, 0.2) is 0 Å². The van der Waals surface area contributed by atoms with E-state index in [4.69, 9.17) is 9.47 Å². The molecule has 1 spiro atoms. The van der Waals surface area contributed by atoms with Crippen molar-refractivity contribution in [3.05, 3.63) is 16.0 Å². The van der Waals surface area contributed by atoms with E-state index in [0.717, 1.165) is 35.5 Å². The first-order valence-corrected chi connectivity index (χ1v) is 10.7. The number of urea groups is 1. The normalized spacial score (nSPS) is 23.0. The molecule has 2 atom stereocenters. The Balaban J connectivity index is 1.81. The molecular weight excluding hydrogens is 426 g/mol. The number of anilines is 1. The largest absolute Gasteiger partial charge is 0.465 e. The van der Waals surface area contributed by atoms with E-state index in [1.54, 1.807) is 0 Å². The number of hydrogen-bond acceptors (Lipinski definition) is 8. The van der Waals surface area contributed by atoms with Gasteiger partial charge in [-0.05, 0) is 31.2 Å². The number of nitrogens with zero attached hydrogens (tertiary/aromatic N) is 1. The van der Waals surface area contributed by atoms with Crippen molar-refractivity contribution >= 4 is 46.1 Å². The molecule has 3 rings (SSSR count). The molecule has 10 nitrogen and oxygen atoms in total. The average molecular weight is 452 g/mol. The SMILES string of the molecule is COC(=O)c1sc(NC(=O)CN2C(=O)N[C@@]3(CCCC[C@H]3C)C2=O)c(C(=O)OC)c1C. The second-order valence-corrected chi connectivity index (χ2v) is 8.75. The highest BCUT2D eigenvalue weighted by Crippen LogP contribution is 2.38. The molecule has 31 heavy (non-hydrogen) atoms. The molecule has 1 aliphatic carbocycles. The number of nitrogens with one attached hydrogen (secondary N) is 2. The first kappa shape index (κ1) is 22.7. The topological polar surface area (TPSA) is 131 Å². The number of amides is 4. The maximum Gasteiger partial charge on any atom is 0.348 e.